The summed E-state index contributed by atoms with van der Waals surface area (Å²) in [6, 6.07) is 15.3. The number of carbonyl (C=O) groups excluding carboxylic acids is 2. The third-order valence-electron chi connectivity index (χ3n) is 3.05. The third kappa shape index (κ3) is 5.48. The summed E-state index contributed by atoms with van der Waals surface area (Å²) in [6.45, 7) is 2.29. The van der Waals surface area contributed by atoms with Crippen molar-refractivity contribution in [3.63, 3.8) is 0 Å². The molecule has 0 spiro atoms. The van der Waals surface area contributed by atoms with Gasteiger partial charge in [0.25, 0.3) is 0 Å². The molecule has 0 fully saturated rings. The first-order chi connectivity index (χ1) is 11.1. The summed E-state index contributed by atoms with van der Waals surface area (Å²) in [4.78, 5) is 23.3. The van der Waals surface area contributed by atoms with Gasteiger partial charge in [-0.25, -0.2) is 5.43 Å². The smallest absolute Gasteiger partial charge is 0.329 e. The van der Waals surface area contributed by atoms with Crippen LogP contribution in [0.1, 0.15) is 16.7 Å². The molecule has 0 unspecified atom stereocenters. The Morgan fingerprint density at radius 1 is 1.09 bits per heavy atom. The van der Waals surface area contributed by atoms with Crippen LogP contribution in [0, 0.1) is 10.5 Å². The molecule has 2 rings (SSSR count). The zero-order valence-electron chi connectivity index (χ0n) is 12.5. The summed E-state index contributed by atoms with van der Waals surface area (Å²) in [5.74, 6) is -1.51. The highest BCUT2D eigenvalue weighted by Gasteiger charge is 2.11. The number of hydrazone groups is 1. The Kier molecular flexibility index (Phi) is 6.28. The maximum absolute atomic E-state index is 11.7. The van der Waals surface area contributed by atoms with Crippen molar-refractivity contribution >= 4 is 40.6 Å². The van der Waals surface area contributed by atoms with E-state index in [-0.39, 0.29) is 0 Å². The first kappa shape index (κ1) is 17.1. The predicted molar refractivity (Wildman–Crippen MR) is 97.9 cm³/mol. The summed E-state index contributed by atoms with van der Waals surface area (Å²) < 4.78 is 1.01. The van der Waals surface area contributed by atoms with Crippen LogP contribution in [-0.2, 0) is 16.1 Å². The van der Waals surface area contributed by atoms with Crippen molar-refractivity contribution in [2.45, 2.75) is 13.5 Å². The fourth-order valence-electron chi connectivity index (χ4n) is 1.76. The molecule has 0 radical (unpaired) electrons. The summed E-state index contributed by atoms with van der Waals surface area (Å²) in [7, 11) is 0. The summed E-state index contributed by atoms with van der Waals surface area (Å²) in [6.07, 6.45) is 1.51. The van der Waals surface area contributed by atoms with Gasteiger partial charge in [0.1, 0.15) is 0 Å². The van der Waals surface area contributed by atoms with Gasteiger partial charge in [-0.05, 0) is 41.1 Å². The molecule has 23 heavy (non-hydrogen) atoms. The molecule has 0 aliphatic carbocycles. The van der Waals surface area contributed by atoms with Gasteiger partial charge in [0.15, 0.2) is 0 Å². The number of benzene rings is 2. The molecule has 0 bridgehead atoms. The number of nitrogens with one attached hydrogen (secondary N) is 2. The lowest BCUT2D eigenvalue weighted by Crippen LogP contribution is -2.37. The number of rotatable bonds is 4. The van der Waals surface area contributed by atoms with Crippen LogP contribution in [0.15, 0.2) is 53.6 Å². The molecular weight excluding hydrogens is 405 g/mol. The zero-order chi connectivity index (χ0) is 16.7. The number of hydrogen-bond acceptors (Lipinski definition) is 3. The number of aryl methyl sites for hydroxylation is 1. The van der Waals surface area contributed by atoms with Gasteiger partial charge in [0.2, 0.25) is 0 Å². The molecule has 2 aromatic rings. The van der Waals surface area contributed by atoms with E-state index < -0.39 is 11.8 Å². The molecule has 0 aromatic heterocycles. The second-order valence-electron chi connectivity index (χ2n) is 4.89. The molecule has 5 nitrogen and oxygen atoms in total. The zero-order valence-corrected chi connectivity index (χ0v) is 14.7. The Morgan fingerprint density at radius 3 is 2.48 bits per heavy atom. The molecule has 118 valence electrons. The van der Waals surface area contributed by atoms with Gasteiger partial charge >= 0.3 is 11.8 Å². The van der Waals surface area contributed by atoms with E-state index in [0.717, 1.165) is 20.3 Å². The summed E-state index contributed by atoms with van der Waals surface area (Å²) in [5, 5.41) is 6.35. The number of nitrogens with zero attached hydrogens (tertiary/aromatic N) is 1. The highest BCUT2D eigenvalue weighted by Crippen LogP contribution is 2.08. The molecule has 0 saturated heterocycles. The first-order valence-electron chi connectivity index (χ1n) is 6.97. The van der Waals surface area contributed by atoms with E-state index in [0.29, 0.717) is 6.54 Å². The minimum atomic E-state index is -0.792. The fraction of sp³-hybridized carbons (Fsp3) is 0.118. The third-order valence-corrected chi connectivity index (χ3v) is 4.04. The van der Waals surface area contributed by atoms with Gasteiger partial charge in [-0.15, -0.1) is 0 Å². The van der Waals surface area contributed by atoms with Gasteiger partial charge in [0.05, 0.1) is 6.21 Å². The highest BCUT2D eigenvalue weighted by atomic mass is 127. The van der Waals surface area contributed by atoms with Crippen LogP contribution in [0.2, 0.25) is 0 Å². The van der Waals surface area contributed by atoms with Crippen molar-refractivity contribution in [1.29, 1.82) is 0 Å². The van der Waals surface area contributed by atoms with Crippen LogP contribution >= 0.6 is 22.6 Å². The Labute approximate surface area is 148 Å². The second-order valence-corrected chi connectivity index (χ2v) is 6.05. The molecule has 0 saturated carbocycles. The Balaban J connectivity index is 1.82. The van der Waals surface area contributed by atoms with E-state index in [4.69, 9.17) is 0 Å². The average molecular weight is 421 g/mol. The molecule has 0 atom stereocenters. The second kappa shape index (κ2) is 8.42. The molecule has 0 aliphatic heterocycles. The fourth-order valence-corrected chi connectivity index (χ4v) is 2.29. The standard InChI is InChI=1S/C17H16IN3O2/c1-12-6-8-13(9-7-12)10-19-16(22)17(23)21-20-11-14-4-2-3-5-15(14)18/h2-9,11H,10H2,1H3,(H,19,22)(H,21,23)/b20-11-. The van der Waals surface area contributed by atoms with Crippen molar-refractivity contribution in [3.8, 4) is 0 Å². The Morgan fingerprint density at radius 2 is 1.78 bits per heavy atom. The number of carbonyl (C=O) groups is 2. The van der Waals surface area contributed by atoms with Crippen molar-refractivity contribution in [2.75, 3.05) is 0 Å². The maximum atomic E-state index is 11.7. The number of halogens is 1. The molecule has 2 amide bonds. The van der Waals surface area contributed by atoms with Crippen LogP contribution in [-0.4, -0.2) is 18.0 Å². The lowest BCUT2D eigenvalue weighted by atomic mass is 10.1. The number of hydrogen-bond donors (Lipinski definition) is 2. The largest absolute Gasteiger partial charge is 0.344 e. The molecule has 0 aliphatic rings. The maximum Gasteiger partial charge on any atom is 0.329 e. The SMILES string of the molecule is Cc1ccc(CNC(=O)C(=O)N/N=C\c2ccccc2I)cc1. The minimum Gasteiger partial charge on any atom is -0.344 e. The van der Waals surface area contributed by atoms with Crippen LogP contribution in [0.3, 0.4) is 0 Å². The van der Waals surface area contributed by atoms with Crippen LogP contribution in [0.25, 0.3) is 0 Å². The minimum absolute atomic E-state index is 0.298. The predicted octanol–water partition coefficient (Wildman–Crippen LogP) is 2.37. The monoisotopic (exact) mass is 421 g/mol. The van der Waals surface area contributed by atoms with Gasteiger partial charge < -0.3 is 5.32 Å². The van der Waals surface area contributed by atoms with Gasteiger partial charge in [-0.1, -0.05) is 48.0 Å². The van der Waals surface area contributed by atoms with Gasteiger partial charge in [-0.2, -0.15) is 5.10 Å². The van der Waals surface area contributed by atoms with E-state index in [2.05, 4.69) is 38.4 Å². The number of amides is 2. The summed E-state index contributed by atoms with van der Waals surface area (Å²) in [5.41, 5.74) is 5.16. The Hall–Kier alpha value is -2.22. The normalized spacial score (nSPS) is 10.5. The lowest BCUT2D eigenvalue weighted by Gasteiger charge is -2.04. The molecule has 2 aromatic carbocycles. The Bertz CT molecular complexity index is 727. The van der Waals surface area contributed by atoms with E-state index >= 15 is 0 Å². The van der Waals surface area contributed by atoms with Crippen molar-refractivity contribution < 1.29 is 9.59 Å². The molecule has 0 heterocycles. The average Bonchev–Trinajstić information content (AvgIpc) is 2.55. The van der Waals surface area contributed by atoms with Crippen LogP contribution in [0.4, 0.5) is 0 Å². The van der Waals surface area contributed by atoms with Gasteiger partial charge in [-0.3, -0.25) is 9.59 Å². The van der Waals surface area contributed by atoms with E-state index in [1.54, 1.807) is 0 Å². The first-order valence-corrected chi connectivity index (χ1v) is 8.05. The van der Waals surface area contributed by atoms with E-state index in [1.165, 1.54) is 6.21 Å². The van der Waals surface area contributed by atoms with Gasteiger partial charge in [0, 0.05) is 15.7 Å². The topological polar surface area (TPSA) is 70.6 Å². The van der Waals surface area contributed by atoms with Crippen LogP contribution < -0.4 is 10.7 Å². The molecule has 2 N–H and O–H groups in total. The van der Waals surface area contributed by atoms with Crippen LogP contribution in [0.5, 0.6) is 0 Å². The van der Waals surface area contributed by atoms with E-state index in [9.17, 15) is 9.59 Å². The molecule has 6 heteroatoms. The summed E-state index contributed by atoms with van der Waals surface area (Å²) >= 11 is 2.17. The van der Waals surface area contributed by atoms with Crippen molar-refractivity contribution in [2.24, 2.45) is 5.10 Å². The van der Waals surface area contributed by atoms with Crippen molar-refractivity contribution in [3.05, 3.63) is 68.8 Å². The molecular formula is C17H16IN3O2. The quantitative estimate of drug-likeness (QED) is 0.345. The van der Waals surface area contributed by atoms with E-state index in [1.807, 2.05) is 55.5 Å². The lowest BCUT2D eigenvalue weighted by molar-refractivity contribution is -0.139. The van der Waals surface area contributed by atoms with Crippen molar-refractivity contribution in [1.82, 2.24) is 10.7 Å². The highest BCUT2D eigenvalue weighted by molar-refractivity contribution is 14.1.